The molecule has 0 aliphatic rings. The smallest absolute Gasteiger partial charge is 0.330 e. The van der Waals surface area contributed by atoms with Gasteiger partial charge in [-0.15, -0.1) is 0 Å². The topological polar surface area (TPSA) is 118 Å². The van der Waals surface area contributed by atoms with Gasteiger partial charge in [-0.25, -0.2) is 4.79 Å². The number of aliphatic carboxylic acids is 1. The number of rotatable bonds is 5. The molecule has 0 amide bonds. The maximum atomic E-state index is 9.86. The number of carbonyl (C=O) groups is 1. The molecule has 0 saturated carbocycles. The minimum absolute atomic E-state index is 0.0810. The molecule has 2 atom stereocenters. The summed E-state index contributed by atoms with van der Waals surface area (Å²) in [6, 6.07) is 0. The lowest BCUT2D eigenvalue weighted by molar-refractivity contribution is -0.132. The summed E-state index contributed by atoms with van der Waals surface area (Å²) in [7, 11) is 0. The molecule has 6 heteroatoms. The first-order chi connectivity index (χ1) is 8.72. The maximum Gasteiger partial charge on any atom is 0.330 e. The van der Waals surface area contributed by atoms with E-state index in [-0.39, 0.29) is 25.4 Å². The van der Waals surface area contributed by atoms with Crippen molar-refractivity contribution in [1.29, 1.82) is 0 Å². The van der Waals surface area contributed by atoms with Gasteiger partial charge in [-0.1, -0.05) is 6.08 Å². The SMILES string of the molecule is CC(O)CCO.CC(O)CCO.CC=C(C)C(=O)O. The van der Waals surface area contributed by atoms with Crippen LogP contribution in [-0.2, 0) is 4.79 Å². The number of hydrogen-bond donors (Lipinski definition) is 5. The van der Waals surface area contributed by atoms with Gasteiger partial charge in [0.25, 0.3) is 0 Å². The van der Waals surface area contributed by atoms with Crippen molar-refractivity contribution in [3.8, 4) is 0 Å². The lowest BCUT2D eigenvalue weighted by Crippen LogP contribution is -2.00. The predicted octanol–water partition coefficient (Wildman–Crippen LogP) is 0.536. The van der Waals surface area contributed by atoms with Gasteiger partial charge in [0.05, 0.1) is 12.2 Å². The Bertz CT molecular complexity index is 213. The first kappa shape index (κ1) is 23.2. The molecule has 0 bridgehead atoms. The molecular weight excluding hydrogens is 252 g/mol. The lowest BCUT2D eigenvalue weighted by Gasteiger charge is -1.95. The van der Waals surface area contributed by atoms with E-state index in [0.29, 0.717) is 18.4 Å². The van der Waals surface area contributed by atoms with E-state index in [1.807, 2.05) is 0 Å². The summed E-state index contributed by atoms with van der Waals surface area (Å²) in [4.78, 5) is 9.86. The third kappa shape index (κ3) is 31.6. The zero-order valence-corrected chi connectivity index (χ0v) is 12.2. The molecule has 116 valence electrons. The third-order valence-electron chi connectivity index (χ3n) is 1.86. The molecule has 0 aromatic rings. The molecule has 0 heterocycles. The van der Waals surface area contributed by atoms with E-state index in [9.17, 15) is 4.79 Å². The minimum atomic E-state index is -0.845. The van der Waals surface area contributed by atoms with Crippen LogP contribution in [-0.4, -0.2) is 56.9 Å². The van der Waals surface area contributed by atoms with Crippen LogP contribution in [0, 0.1) is 0 Å². The Labute approximate surface area is 115 Å². The molecule has 0 rings (SSSR count). The maximum absolute atomic E-state index is 9.86. The van der Waals surface area contributed by atoms with Crippen molar-refractivity contribution in [2.24, 2.45) is 0 Å². The second-order valence-electron chi connectivity index (χ2n) is 4.00. The Morgan fingerprint density at radius 2 is 1.37 bits per heavy atom. The van der Waals surface area contributed by atoms with Crippen molar-refractivity contribution in [3.05, 3.63) is 11.6 Å². The number of allylic oxidation sites excluding steroid dienone is 1. The Hall–Kier alpha value is -0.950. The van der Waals surface area contributed by atoms with Crippen molar-refractivity contribution >= 4 is 5.97 Å². The van der Waals surface area contributed by atoms with E-state index in [0.717, 1.165) is 0 Å². The molecule has 0 aliphatic carbocycles. The van der Waals surface area contributed by atoms with Crippen LogP contribution < -0.4 is 0 Å². The molecule has 0 aliphatic heterocycles. The zero-order chi connectivity index (χ0) is 15.8. The van der Waals surface area contributed by atoms with Crippen LogP contribution in [0.5, 0.6) is 0 Å². The normalized spacial score (nSPS) is 13.4. The van der Waals surface area contributed by atoms with Crippen LogP contribution in [0.3, 0.4) is 0 Å². The zero-order valence-electron chi connectivity index (χ0n) is 12.2. The Kier molecular flexibility index (Phi) is 20.8. The van der Waals surface area contributed by atoms with Gasteiger partial charge in [0.2, 0.25) is 0 Å². The van der Waals surface area contributed by atoms with Gasteiger partial charge >= 0.3 is 5.97 Å². The third-order valence-corrected chi connectivity index (χ3v) is 1.86. The number of carboxylic acids is 1. The van der Waals surface area contributed by atoms with Gasteiger partial charge in [0.15, 0.2) is 0 Å². The van der Waals surface area contributed by atoms with E-state index in [2.05, 4.69) is 0 Å². The molecule has 0 radical (unpaired) electrons. The fourth-order valence-electron chi connectivity index (χ4n) is 0.497. The first-order valence-corrected chi connectivity index (χ1v) is 6.16. The van der Waals surface area contributed by atoms with Gasteiger partial charge in [0.1, 0.15) is 0 Å². The van der Waals surface area contributed by atoms with Crippen LogP contribution in [0.2, 0.25) is 0 Å². The van der Waals surface area contributed by atoms with E-state index >= 15 is 0 Å². The Balaban J connectivity index is -0.000000203. The molecule has 2 unspecified atom stereocenters. The van der Waals surface area contributed by atoms with Gasteiger partial charge in [-0.3, -0.25) is 0 Å². The molecule has 0 saturated heterocycles. The largest absolute Gasteiger partial charge is 0.478 e. The molecular formula is C13H28O6. The van der Waals surface area contributed by atoms with Crippen molar-refractivity contribution in [2.45, 2.75) is 52.7 Å². The average Bonchev–Trinajstić information content (AvgIpc) is 2.29. The second kappa shape index (κ2) is 17.1. The van der Waals surface area contributed by atoms with E-state index in [4.69, 9.17) is 25.5 Å². The Morgan fingerprint density at radius 1 is 1.05 bits per heavy atom. The number of hydrogen-bond acceptors (Lipinski definition) is 5. The minimum Gasteiger partial charge on any atom is -0.478 e. The van der Waals surface area contributed by atoms with E-state index in [1.165, 1.54) is 0 Å². The molecule has 0 spiro atoms. The summed E-state index contributed by atoms with van der Waals surface area (Å²) in [5.74, 6) is -0.845. The van der Waals surface area contributed by atoms with Crippen LogP contribution in [0.4, 0.5) is 0 Å². The monoisotopic (exact) mass is 280 g/mol. The standard InChI is InChI=1S/C5H8O2.2C4H10O2/c1-3-4(2)5(6)7;2*1-4(6)2-3-5/h3H,1-2H3,(H,6,7);2*4-6H,2-3H2,1H3. The summed E-state index contributed by atoms with van der Waals surface area (Å²) in [6.45, 7) is 6.72. The van der Waals surface area contributed by atoms with E-state index < -0.39 is 5.97 Å². The fourth-order valence-corrected chi connectivity index (χ4v) is 0.497. The Morgan fingerprint density at radius 3 is 1.37 bits per heavy atom. The highest BCUT2D eigenvalue weighted by Gasteiger charge is 1.93. The highest BCUT2D eigenvalue weighted by Crippen LogP contribution is 1.87. The van der Waals surface area contributed by atoms with E-state index in [1.54, 1.807) is 33.8 Å². The van der Waals surface area contributed by atoms with Crippen LogP contribution in [0.15, 0.2) is 11.6 Å². The van der Waals surface area contributed by atoms with Crippen LogP contribution in [0.25, 0.3) is 0 Å². The fraction of sp³-hybridized carbons (Fsp3) is 0.769. The van der Waals surface area contributed by atoms with Crippen LogP contribution >= 0.6 is 0 Å². The summed E-state index contributed by atoms with van der Waals surface area (Å²) >= 11 is 0. The summed E-state index contributed by atoms with van der Waals surface area (Å²) in [5, 5.41) is 41.1. The summed E-state index contributed by atoms with van der Waals surface area (Å²) in [6.07, 6.45) is 1.83. The van der Waals surface area contributed by atoms with Crippen molar-refractivity contribution in [3.63, 3.8) is 0 Å². The highest BCUT2D eigenvalue weighted by atomic mass is 16.4. The molecule has 0 fully saturated rings. The molecule has 0 aromatic heterocycles. The molecule has 19 heavy (non-hydrogen) atoms. The van der Waals surface area contributed by atoms with Gasteiger partial charge in [-0.2, -0.15) is 0 Å². The highest BCUT2D eigenvalue weighted by molar-refractivity contribution is 5.85. The van der Waals surface area contributed by atoms with Gasteiger partial charge in [-0.05, 0) is 40.5 Å². The number of carboxylic acid groups (broad SMARTS) is 1. The molecule has 6 nitrogen and oxygen atoms in total. The number of aliphatic hydroxyl groups excluding tert-OH is 4. The quantitative estimate of drug-likeness (QED) is 0.469. The average molecular weight is 280 g/mol. The second-order valence-corrected chi connectivity index (χ2v) is 4.00. The first-order valence-electron chi connectivity index (χ1n) is 6.16. The summed E-state index contributed by atoms with van der Waals surface area (Å²) in [5.41, 5.74) is 0.389. The molecule has 5 N–H and O–H groups in total. The van der Waals surface area contributed by atoms with Crippen molar-refractivity contribution in [2.75, 3.05) is 13.2 Å². The van der Waals surface area contributed by atoms with Gasteiger partial charge < -0.3 is 25.5 Å². The van der Waals surface area contributed by atoms with Gasteiger partial charge in [0, 0.05) is 18.8 Å². The number of aliphatic hydroxyl groups is 4. The van der Waals surface area contributed by atoms with Crippen molar-refractivity contribution < 1.29 is 30.3 Å². The summed E-state index contributed by atoms with van der Waals surface area (Å²) < 4.78 is 0. The van der Waals surface area contributed by atoms with Crippen molar-refractivity contribution in [1.82, 2.24) is 0 Å². The molecule has 0 aromatic carbocycles. The van der Waals surface area contributed by atoms with Crippen LogP contribution in [0.1, 0.15) is 40.5 Å². The predicted molar refractivity (Wildman–Crippen MR) is 73.8 cm³/mol. The lowest BCUT2D eigenvalue weighted by atomic mass is 10.3.